The van der Waals surface area contributed by atoms with Crippen molar-refractivity contribution < 1.29 is 22.1 Å². The molecule has 0 aromatic heterocycles. The lowest BCUT2D eigenvalue weighted by molar-refractivity contribution is 0.0873. The Balaban J connectivity index is 2.59. The van der Waals surface area contributed by atoms with Gasteiger partial charge in [0.15, 0.2) is 0 Å². The van der Waals surface area contributed by atoms with E-state index in [9.17, 15) is 13.2 Å². The van der Waals surface area contributed by atoms with Crippen molar-refractivity contribution in [2.45, 2.75) is 65.4 Å². The van der Waals surface area contributed by atoms with Crippen LogP contribution in [0.25, 0.3) is 0 Å². The first-order valence-electron chi connectivity index (χ1n) is 9.44. The van der Waals surface area contributed by atoms with Crippen LogP contribution in [0.4, 0.5) is 4.79 Å². The third-order valence-electron chi connectivity index (χ3n) is 4.09. The summed E-state index contributed by atoms with van der Waals surface area (Å²) in [5.41, 5.74) is 0.435. The first-order valence-corrected chi connectivity index (χ1v) is 10.9. The Labute approximate surface area is 169 Å². The average Bonchev–Trinajstić information content (AvgIpc) is 2.57. The molecule has 0 aliphatic carbocycles. The summed E-state index contributed by atoms with van der Waals surface area (Å²) in [6, 6.07) is 6.62. The Morgan fingerprint density at radius 1 is 1.11 bits per heavy atom. The van der Waals surface area contributed by atoms with E-state index in [0.717, 1.165) is 5.56 Å². The van der Waals surface area contributed by atoms with Crippen molar-refractivity contribution in [1.29, 1.82) is 0 Å². The molecule has 158 valence electrons. The molecule has 0 aliphatic heterocycles. The fourth-order valence-electron chi connectivity index (χ4n) is 2.63. The molecule has 0 saturated carbocycles. The van der Waals surface area contributed by atoms with Gasteiger partial charge in [-0.05, 0) is 46.8 Å². The van der Waals surface area contributed by atoms with Gasteiger partial charge in [-0.2, -0.15) is 8.42 Å². The number of benzene rings is 1. The SMILES string of the molecule is Cc1ccc(S(=O)(=O)OCC(C)(C)/C=C/COC(=O)N(C(C)C)C(C)C)cc1. The molecule has 1 aromatic carbocycles. The predicted molar refractivity (Wildman–Crippen MR) is 111 cm³/mol. The third kappa shape index (κ3) is 7.64. The van der Waals surface area contributed by atoms with Crippen LogP contribution in [0.1, 0.15) is 47.1 Å². The lowest BCUT2D eigenvalue weighted by atomic mass is 9.94. The second kappa shape index (κ2) is 10.1. The number of amides is 1. The highest BCUT2D eigenvalue weighted by molar-refractivity contribution is 7.86. The Morgan fingerprint density at radius 3 is 2.14 bits per heavy atom. The van der Waals surface area contributed by atoms with Gasteiger partial charge in [0.1, 0.15) is 6.61 Å². The van der Waals surface area contributed by atoms with Gasteiger partial charge >= 0.3 is 6.09 Å². The molecule has 0 aliphatic rings. The molecule has 1 aromatic rings. The van der Waals surface area contributed by atoms with E-state index in [0.29, 0.717) is 0 Å². The van der Waals surface area contributed by atoms with Crippen molar-refractivity contribution in [3.8, 4) is 0 Å². The average molecular weight is 412 g/mol. The molecular formula is C21H33NO5S. The van der Waals surface area contributed by atoms with E-state index in [2.05, 4.69) is 0 Å². The maximum atomic E-state index is 12.3. The van der Waals surface area contributed by atoms with E-state index in [-0.39, 0.29) is 36.3 Å². The zero-order valence-corrected chi connectivity index (χ0v) is 18.7. The molecular weight excluding hydrogens is 378 g/mol. The maximum Gasteiger partial charge on any atom is 0.410 e. The standard InChI is InChI=1S/C21H33NO5S/c1-16(2)22(17(3)4)20(23)26-14-8-13-21(6,7)15-27-28(24,25)19-11-9-18(5)10-12-19/h8-13,16-17H,14-15H2,1-7H3/b13-8+. The van der Waals surface area contributed by atoms with Gasteiger partial charge in [-0.15, -0.1) is 0 Å². The quantitative estimate of drug-likeness (QED) is 0.441. The summed E-state index contributed by atoms with van der Waals surface area (Å²) in [7, 11) is -3.81. The molecule has 1 rings (SSSR count). The van der Waals surface area contributed by atoms with E-state index in [1.165, 1.54) is 12.1 Å². The van der Waals surface area contributed by atoms with E-state index < -0.39 is 15.5 Å². The van der Waals surface area contributed by atoms with Crippen LogP contribution in [0.5, 0.6) is 0 Å². The number of nitrogens with zero attached hydrogens (tertiary/aromatic N) is 1. The summed E-state index contributed by atoms with van der Waals surface area (Å²) in [4.78, 5) is 14.0. The summed E-state index contributed by atoms with van der Waals surface area (Å²) >= 11 is 0. The van der Waals surface area contributed by atoms with Gasteiger partial charge in [0.25, 0.3) is 10.1 Å². The minimum absolute atomic E-state index is 0.0161. The molecule has 28 heavy (non-hydrogen) atoms. The summed E-state index contributed by atoms with van der Waals surface area (Å²) in [6.07, 6.45) is 3.13. The van der Waals surface area contributed by atoms with Crippen molar-refractivity contribution >= 4 is 16.2 Å². The highest BCUT2D eigenvalue weighted by Crippen LogP contribution is 2.21. The molecule has 7 heteroatoms. The molecule has 0 fully saturated rings. The zero-order chi connectivity index (χ0) is 21.5. The predicted octanol–water partition coefficient (Wildman–Crippen LogP) is 4.54. The fourth-order valence-corrected chi connectivity index (χ4v) is 3.69. The molecule has 0 unspecified atom stereocenters. The third-order valence-corrected chi connectivity index (χ3v) is 5.37. The van der Waals surface area contributed by atoms with Gasteiger partial charge in [-0.3, -0.25) is 4.18 Å². The van der Waals surface area contributed by atoms with Crippen LogP contribution in [0.2, 0.25) is 0 Å². The topological polar surface area (TPSA) is 72.9 Å². The summed E-state index contributed by atoms with van der Waals surface area (Å²) in [6.45, 7) is 13.4. The molecule has 0 bridgehead atoms. The summed E-state index contributed by atoms with van der Waals surface area (Å²) < 4.78 is 35.1. The Morgan fingerprint density at radius 2 is 1.64 bits per heavy atom. The fraction of sp³-hybridized carbons (Fsp3) is 0.571. The summed E-state index contributed by atoms with van der Waals surface area (Å²) in [5.74, 6) is 0. The smallest absolute Gasteiger partial charge is 0.410 e. The van der Waals surface area contributed by atoms with Crippen molar-refractivity contribution in [2.24, 2.45) is 5.41 Å². The first-order chi connectivity index (χ1) is 12.9. The van der Waals surface area contributed by atoms with E-state index >= 15 is 0 Å². The number of hydrogen-bond acceptors (Lipinski definition) is 5. The lowest BCUT2D eigenvalue weighted by Crippen LogP contribution is -2.42. The second-order valence-electron chi connectivity index (χ2n) is 8.09. The van der Waals surface area contributed by atoms with Crippen LogP contribution < -0.4 is 0 Å². The normalized spacial score (nSPS) is 12.8. The molecule has 0 heterocycles. The van der Waals surface area contributed by atoms with E-state index in [1.807, 2.05) is 48.5 Å². The van der Waals surface area contributed by atoms with Crippen LogP contribution in [0.3, 0.4) is 0 Å². The largest absolute Gasteiger partial charge is 0.445 e. The number of aryl methyl sites for hydroxylation is 1. The minimum Gasteiger partial charge on any atom is -0.445 e. The van der Waals surface area contributed by atoms with Crippen molar-refractivity contribution in [1.82, 2.24) is 4.90 Å². The highest BCUT2D eigenvalue weighted by atomic mass is 32.2. The molecule has 0 saturated heterocycles. The number of hydrogen-bond donors (Lipinski definition) is 0. The van der Waals surface area contributed by atoms with Crippen molar-refractivity contribution in [3.05, 3.63) is 42.0 Å². The minimum atomic E-state index is -3.81. The van der Waals surface area contributed by atoms with Crippen LogP contribution in [0, 0.1) is 12.3 Å². The zero-order valence-electron chi connectivity index (χ0n) is 17.9. The molecule has 1 amide bonds. The van der Waals surface area contributed by atoms with Crippen LogP contribution >= 0.6 is 0 Å². The van der Waals surface area contributed by atoms with Crippen molar-refractivity contribution in [3.63, 3.8) is 0 Å². The van der Waals surface area contributed by atoms with Gasteiger partial charge in [-0.25, -0.2) is 4.79 Å². The van der Waals surface area contributed by atoms with Crippen LogP contribution in [-0.4, -0.2) is 44.7 Å². The van der Waals surface area contributed by atoms with Crippen LogP contribution in [-0.2, 0) is 19.0 Å². The van der Waals surface area contributed by atoms with Gasteiger partial charge in [0.05, 0.1) is 11.5 Å². The molecule has 0 spiro atoms. The van der Waals surface area contributed by atoms with Crippen molar-refractivity contribution in [2.75, 3.05) is 13.2 Å². The number of carbonyl (C=O) groups is 1. The molecule has 0 N–H and O–H groups in total. The lowest BCUT2D eigenvalue weighted by Gasteiger charge is -2.29. The monoisotopic (exact) mass is 411 g/mol. The highest BCUT2D eigenvalue weighted by Gasteiger charge is 2.23. The van der Waals surface area contributed by atoms with Gasteiger partial charge in [0, 0.05) is 17.5 Å². The Kier molecular flexibility index (Phi) is 8.70. The summed E-state index contributed by atoms with van der Waals surface area (Å²) in [5, 5.41) is 0. The maximum absolute atomic E-state index is 12.3. The van der Waals surface area contributed by atoms with E-state index in [1.54, 1.807) is 29.2 Å². The first kappa shape index (κ1) is 24.2. The second-order valence-corrected chi connectivity index (χ2v) is 9.71. The Bertz CT molecular complexity index is 756. The number of rotatable bonds is 9. The van der Waals surface area contributed by atoms with Gasteiger partial charge in [-0.1, -0.05) is 43.7 Å². The van der Waals surface area contributed by atoms with Gasteiger partial charge in [0.2, 0.25) is 0 Å². The van der Waals surface area contributed by atoms with E-state index in [4.69, 9.17) is 8.92 Å². The number of carbonyl (C=O) groups excluding carboxylic acids is 1. The molecule has 6 nitrogen and oxygen atoms in total. The van der Waals surface area contributed by atoms with Crippen LogP contribution in [0.15, 0.2) is 41.3 Å². The Hall–Kier alpha value is -1.86. The molecule has 0 atom stereocenters. The number of ether oxygens (including phenoxy) is 1. The molecule has 0 radical (unpaired) electrons. The van der Waals surface area contributed by atoms with Gasteiger partial charge < -0.3 is 9.64 Å².